The van der Waals surface area contributed by atoms with Crippen LogP contribution in [0.1, 0.15) is 41.6 Å². The van der Waals surface area contributed by atoms with Crippen LogP contribution in [0, 0.1) is 6.92 Å². The molecule has 0 fully saturated rings. The normalized spacial score (nSPS) is 13.7. The molecular weight excluding hydrogens is 296 g/mol. The molecule has 3 rings (SSSR count). The smallest absolute Gasteiger partial charge is 0.156 e. The second-order valence-corrected chi connectivity index (χ2v) is 6.31. The van der Waals surface area contributed by atoms with Crippen LogP contribution in [0.2, 0.25) is 0 Å². The maximum absolute atomic E-state index is 11.8. The van der Waals surface area contributed by atoms with Crippen LogP contribution in [0.15, 0.2) is 60.8 Å². The van der Waals surface area contributed by atoms with Crippen molar-refractivity contribution in [2.75, 3.05) is 0 Å². The first-order chi connectivity index (χ1) is 11.6. The van der Waals surface area contributed by atoms with E-state index in [1.807, 2.05) is 66.2 Å². The number of benzene rings is 2. The number of aliphatic hydroxyl groups is 1. The molecule has 1 N–H and O–H groups in total. The van der Waals surface area contributed by atoms with Crippen molar-refractivity contribution in [2.45, 2.75) is 32.3 Å². The van der Waals surface area contributed by atoms with E-state index in [1.165, 1.54) is 5.56 Å². The van der Waals surface area contributed by atoms with Gasteiger partial charge in [0.2, 0.25) is 0 Å². The second-order valence-electron chi connectivity index (χ2n) is 6.31. The number of imidazole rings is 1. The number of aryl methyl sites for hydroxylation is 2. The van der Waals surface area contributed by atoms with Gasteiger partial charge in [0.05, 0.1) is 11.9 Å². The fourth-order valence-electron chi connectivity index (χ4n) is 3.18. The van der Waals surface area contributed by atoms with Gasteiger partial charge in [-0.2, -0.15) is 0 Å². The molecule has 3 heteroatoms. The van der Waals surface area contributed by atoms with Crippen molar-refractivity contribution in [1.29, 1.82) is 0 Å². The standard InChI is InChI=1S/C21H24N2O/c1-4-8-20-22-15-19(23(20)3)21(24,17-9-6-5-7-10-17)18-13-11-16(2)12-14-18/h5-7,9-15,24H,4,8H2,1-3H3/t21-/m0/s1. The van der Waals surface area contributed by atoms with E-state index in [9.17, 15) is 5.11 Å². The molecule has 2 aromatic carbocycles. The van der Waals surface area contributed by atoms with Crippen LogP contribution in [0.25, 0.3) is 0 Å². The molecule has 1 heterocycles. The lowest BCUT2D eigenvalue weighted by Crippen LogP contribution is -2.31. The number of hydrogen-bond acceptors (Lipinski definition) is 2. The molecule has 0 unspecified atom stereocenters. The molecule has 0 aliphatic rings. The third-order valence-electron chi connectivity index (χ3n) is 4.59. The number of hydrogen-bond donors (Lipinski definition) is 1. The van der Waals surface area contributed by atoms with Crippen LogP contribution in [0.3, 0.4) is 0 Å². The Morgan fingerprint density at radius 1 is 1.00 bits per heavy atom. The Morgan fingerprint density at radius 2 is 1.62 bits per heavy atom. The monoisotopic (exact) mass is 320 g/mol. The maximum Gasteiger partial charge on any atom is 0.156 e. The minimum absolute atomic E-state index is 0.793. The van der Waals surface area contributed by atoms with Crippen molar-refractivity contribution < 1.29 is 5.11 Å². The highest BCUT2D eigenvalue weighted by atomic mass is 16.3. The van der Waals surface area contributed by atoms with E-state index >= 15 is 0 Å². The highest BCUT2D eigenvalue weighted by Crippen LogP contribution is 2.36. The molecule has 0 aliphatic carbocycles. The number of aromatic nitrogens is 2. The van der Waals surface area contributed by atoms with E-state index in [1.54, 1.807) is 6.20 Å². The molecule has 3 nitrogen and oxygen atoms in total. The van der Waals surface area contributed by atoms with E-state index in [0.717, 1.165) is 35.5 Å². The van der Waals surface area contributed by atoms with Gasteiger partial charge >= 0.3 is 0 Å². The van der Waals surface area contributed by atoms with E-state index in [4.69, 9.17) is 0 Å². The molecular formula is C21H24N2O. The van der Waals surface area contributed by atoms with Crippen molar-refractivity contribution in [3.8, 4) is 0 Å². The van der Waals surface area contributed by atoms with Gasteiger partial charge in [-0.3, -0.25) is 0 Å². The lowest BCUT2D eigenvalue weighted by Gasteiger charge is -2.30. The summed E-state index contributed by atoms with van der Waals surface area (Å²) in [5.74, 6) is 0.994. The summed E-state index contributed by atoms with van der Waals surface area (Å²) in [6.07, 6.45) is 3.73. The van der Waals surface area contributed by atoms with Crippen LogP contribution in [-0.4, -0.2) is 14.7 Å². The first-order valence-electron chi connectivity index (χ1n) is 8.43. The Balaban J connectivity index is 2.21. The van der Waals surface area contributed by atoms with Gasteiger partial charge in [0.15, 0.2) is 5.60 Å². The molecule has 0 aliphatic heterocycles. The molecule has 24 heavy (non-hydrogen) atoms. The zero-order valence-corrected chi connectivity index (χ0v) is 14.5. The third-order valence-corrected chi connectivity index (χ3v) is 4.59. The van der Waals surface area contributed by atoms with E-state index in [2.05, 4.69) is 18.8 Å². The summed E-state index contributed by atoms with van der Waals surface area (Å²) in [4.78, 5) is 4.54. The van der Waals surface area contributed by atoms with Gasteiger partial charge < -0.3 is 9.67 Å². The molecule has 0 bridgehead atoms. The minimum Gasteiger partial charge on any atom is -0.374 e. The van der Waals surface area contributed by atoms with Crippen LogP contribution in [0.4, 0.5) is 0 Å². The van der Waals surface area contributed by atoms with Gasteiger partial charge in [-0.15, -0.1) is 0 Å². The van der Waals surface area contributed by atoms with Gasteiger partial charge in [0, 0.05) is 13.5 Å². The molecule has 0 radical (unpaired) electrons. The summed E-state index contributed by atoms with van der Waals surface area (Å²) in [5.41, 5.74) is 2.44. The molecule has 124 valence electrons. The van der Waals surface area contributed by atoms with E-state index < -0.39 is 5.60 Å². The largest absolute Gasteiger partial charge is 0.374 e. The van der Waals surface area contributed by atoms with Crippen LogP contribution in [0.5, 0.6) is 0 Å². The molecule has 0 amide bonds. The van der Waals surface area contributed by atoms with Crippen LogP contribution < -0.4 is 0 Å². The first-order valence-corrected chi connectivity index (χ1v) is 8.43. The van der Waals surface area contributed by atoms with Crippen molar-refractivity contribution in [1.82, 2.24) is 9.55 Å². The minimum atomic E-state index is -1.22. The van der Waals surface area contributed by atoms with E-state index in [-0.39, 0.29) is 0 Å². The topological polar surface area (TPSA) is 38.1 Å². The second kappa shape index (κ2) is 6.62. The quantitative estimate of drug-likeness (QED) is 0.772. The summed E-state index contributed by atoms with van der Waals surface area (Å²) in [6, 6.07) is 17.9. The number of nitrogens with zero attached hydrogens (tertiary/aromatic N) is 2. The Kier molecular flexibility index (Phi) is 4.54. The Bertz CT molecular complexity index is 806. The predicted octanol–water partition coefficient (Wildman–Crippen LogP) is 3.97. The number of rotatable bonds is 5. The van der Waals surface area contributed by atoms with Crippen molar-refractivity contribution >= 4 is 0 Å². The Labute approximate surface area is 143 Å². The summed E-state index contributed by atoms with van der Waals surface area (Å²) >= 11 is 0. The SMILES string of the molecule is CCCc1ncc([C@](O)(c2ccccc2)c2ccc(C)cc2)n1C. The fraction of sp³-hybridized carbons (Fsp3) is 0.286. The molecule has 0 spiro atoms. The highest BCUT2D eigenvalue weighted by molar-refractivity contribution is 5.45. The van der Waals surface area contributed by atoms with Gasteiger partial charge in [-0.05, 0) is 24.5 Å². The van der Waals surface area contributed by atoms with Gasteiger partial charge in [0.25, 0.3) is 0 Å². The zero-order valence-electron chi connectivity index (χ0n) is 14.5. The summed E-state index contributed by atoms with van der Waals surface area (Å²) in [6.45, 7) is 4.19. The van der Waals surface area contributed by atoms with Crippen molar-refractivity contribution in [3.63, 3.8) is 0 Å². The van der Waals surface area contributed by atoms with Crippen molar-refractivity contribution in [3.05, 3.63) is 89.0 Å². The maximum atomic E-state index is 11.8. The molecule has 1 atom stereocenters. The van der Waals surface area contributed by atoms with Gasteiger partial charge in [-0.1, -0.05) is 67.1 Å². The fourth-order valence-corrected chi connectivity index (χ4v) is 3.18. The average Bonchev–Trinajstić information content (AvgIpc) is 2.97. The summed E-state index contributed by atoms with van der Waals surface area (Å²) < 4.78 is 2.02. The highest BCUT2D eigenvalue weighted by Gasteiger charge is 2.36. The van der Waals surface area contributed by atoms with Gasteiger partial charge in [-0.25, -0.2) is 4.98 Å². The van der Waals surface area contributed by atoms with Crippen molar-refractivity contribution in [2.24, 2.45) is 7.05 Å². The Morgan fingerprint density at radius 3 is 2.25 bits per heavy atom. The van der Waals surface area contributed by atoms with Crippen LogP contribution >= 0.6 is 0 Å². The lowest BCUT2D eigenvalue weighted by molar-refractivity contribution is 0.117. The molecule has 0 saturated carbocycles. The van der Waals surface area contributed by atoms with Crippen LogP contribution in [-0.2, 0) is 19.1 Å². The van der Waals surface area contributed by atoms with E-state index in [0.29, 0.717) is 0 Å². The predicted molar refractivity (Wildman–Crippen MR) is 96.9 cm³/mol. The zero-order chi connectivity index (χ0) is 17.2. The molecule has 1 aromatic heterocycles. The first kappa shape index (κ1) is 16.5. The molecule has 3 aromatic rings. The van der Waals surface area contributed by atoms with Gasteiger partial charge in [0.1, 0.15) is 5.82 Å². The third kappa shape index (κ3) is 2.76. The lowest BCUT2D eigenvalue weighted by atomic mass is 9.83. The Hall–Kier alpha value is -2.39. The summed E-state index contributed by atoms with van der Waals surface area (Å²) in [5, 5.41) is 11.8. The average molecular weight is 320 g/mol. The molecule has 0 saturated heterocycles. The summed E-state index contributed by atoms with van der Waals surface area (Å²) in [7, 11) is 1.98.